The van der Waals surface area contributed by atoms with Gasteiger partial charge in [0.25, 0.3) is 5.91 Å². The van der Waals surface area contributed by atoms with Crippen LogP contribution in [0.5, 0.6) is 0 Å². The Morgan fingerprint density at radius 2 is 2.12 bits per heavy atom. The second-order valence-electron chi connectivity index (χ2n) is 8.22. The normalized spacial score (nSPS) is 24.7. The first-order chi connectivity index (χ1) is 12.5. The Morgan fingerprint density at radius 1 is 1.27 bits per heavy atom. The van der Waals surface area contributed by atoms with E-state index in [9.17, 15) is 4.79 Å². The Labute approximate surface area is 155 Å². The van der Waals surface area contributed by atoms with E-state index in [-0.39, 0.29) is 17.4 Å². The molecular formula is C21H28N4O. The van der Waals surface area contributed by atoms with Gasteiger partial charge in [-0.2, -0.15) is 5.10 Å². The van der Waals surface area contributed by atoms with Crippen molar-refractivity contribution in [2.45, 2.75) is 57.0 Å². The highest BCUT2D eigenvalue weighted by Crippen LogP contribution is 2.41. The van der Waals surface area contributed by atoms with Gasteiger partial charge in [-0.3, -0.25) is 9.48 Å². The van der Waals surface area contributed by atoms with Crippen LogP contribution in [-0.2, 0) is 5.41 Å². The molecule has 4 rings (SSSR count). The Hall–Kier alpha value is -2.14. The summed E-state index contributed by atoms with van der Waals surface area (Å²) in [4.78, 5) is 12.8. The summed E-state index contributed by atoms with van der Waals surface area (Å²) >= 11 is 0. The molecular weight excluding hydrogens is 324 g/mol. The van der Waals surface area contributed by atoms with E-state index in [2.05, 4.69) is 53.8 Å². The van der Waals surface area contributed by atoms with E-state index in [1.54, 1.807) is 0 Å². The number of benzene rings is 1. The lowest BCUT2D eigenvalue weighted by Gasteiger charge is -2.37. The highest BCUT2D eigenvalue weighted by atomic mass is 16.2. The first-order valence-electron chi connectivity index (χ1n) is 9.71. The highest BCUT2D eigenvalue weighted by molar-refractivity contribution is 5.92. The SMILES string of the molecule is CC1(C)CCC(NC(=O)c2ccn(C3CCCNC3)n2)c2ccccc21. The van der Waals surface area contributed by atoms with Crippen molar-refractivity contribution in [2.75, 3.05) is 13.1 Å². The quantitative estimate of drug-likeness (QED) is 0.891. The highest BCUT2D eigenvalue weighted by Gasteiger charge is 2.33. The maximum absolute atomic E-state index is 12.8. The zero-order valence-electron chi connectivity index (χ0n) is 15.7. The molecule has 2 aliphatic rings. The predicted octanol–water partition coefficient (Wildman–Crippen LogP) is 3.35. The molecule has 2 atom stereocenters. The number of nitrogens with one attached hydrogen (secondary N) is 2. The third-order valence-corrected chi connectivity index (χ3v) is 5.91. The van der Waals surface area contributed by atoms with Crippen molar-refractivity contribution < 1.29 is 4.79 Å². The maximum atomic E-state index is 12.8. The molecule has 1 aromatic carbocycles. The number of carbonyl (C=O) groups is 1. The molecule has 1 aliphatic heterocycles. The first kappa shape index (κ1) is 17.3. The summed E-state index contributed by atoms with van der Waals surface area (Å²) in [6, 6.07) is 10.7. The summed E-state index contributed by atoms with van der Waals surface area (Å²) < 4.78 is 1.94. The molecule has 0 saturated carbocycles. The van der Waals surface area contributed by atoms with Crippen LogP contribution in [0.3, 0.4) is 0 Å². The summed E-state index contributed by atoms with van der Waals surface area (Å²) in [5.74, 6) is -0.0768. The average molecular weight is 352 g/mol. The summed E-state index contributed by atoms with van der Waals surface area (Å²) in [7, 11) is 0. The van der Waals surface area contributed by atoms with E-state index in [4.69, 9.17) is 0 Å². The number of hydrogen-bond donors (Lipinski definition) is 2. The average Bonchev–Trinajstić information content (AvgIpc) is 3.15. The summed E-state index contributed by atoms with van der Waals surface area (Å²) in [5, 5.41) is 11.2. The van der Waals surface area contributed by atoms with Crippen molar-refractivity contribution in [3.63, 3.8) is 0 Å². The Balaban J connectivity index is 1.49. The van der Waals surface area contributed by atoms with Crippen molar-refractivity contribution >= 4 is 5.91 Å². The molecule has 2 aromatic rings. The van der Waals surface area contributed by atoms with Crippen molar-refractivity contribution in [2.24, 2.45) is 0 Å². The largest absolute Gasteiger partial charge is 0.344 e. The van der Waals surface area contributed by atoms with Gasteiger partial charge in [-0.1, -0.05) is 38.1 Å². The molecule has 2 N–H and O–H groups in total. The van der Waals surface area contributed by atoms with Crippen LogP contribution in [0.2, 0.25) is 0 Å². The molecule has 0 bridgehead atoms. The summed E-state index contributed by atoms with van der Waals surface area (Å²) in [6.45, 7) is 6.56. The first-order valence-corrected chi connectivity index (χ1v) is 9.71. The fourth-order valence-electron chi connectivity index (χ4n) is 4.32. The van der Waals surface area contributed by atoms with Gasteiger partial charge < -0.3 is 10.6 Å². The number of hydrogen-bond acceptors (Lipinski definition) is 3. The van der Waals surface area contributed by atoms with E-state index in [1.807, 2.05) is 16.9 Å². The van der Waals surface area contributed by atoms with Crippen molar-refractivity contribution in [3.05, 3.63) is 53.3 Å². The monoisotopic (exact) mass is 352 g/mol. The second kappa shape index (κ2) is 6.88. The molecule has 2 unspecified atom stereocenters. The minimum absolute atomic E-state index is 0.0632. The molecule has 0 spiro atoms. The van der Waals surface area contributed by atoms with Gasteiger partial charge in [0.05, 0.1) is 12.1 Å². The van der Waals surface area contributed by atoms with E-state index in [0.717, 1.165) is 38.8 Å². The van der Waals surface area contributed by atoms with Crippen LogP contribution in [0.4, 0.5) is 0 Å². The number of carbonyl (C=O) groups excluding carboxylic acids is 1. The van der Waals surface area contributed by atoms with Crippen LogP contribution >= 0.6 is 0 Å². The van der Waals surface area contributed by atoms with Gasteiger partial charge in [0.2, 0.25) is 0 Å². The van der Waals surface area contributed by atoms with Gasteiger partial charge in [-0.15, -0.1) is 0 Å². The topological polar surface area (TPSA) is 59.0 Å². The van der Waals surface area contributed by atoms with Gasteiger partial charge in [-0.05, 0) is 54.8 Å². The predicted molar refractivity (Wildman–Crippen MR) is 102 cm³/mol. The minimum atomic E-state index is -0.0768. The number of amides is 1. The second-order valence-corrected chi connectivity index (χ2v) is 8.22. The van der Waals surface area contributed by atoms with E-state index >= 15 is 0 Å². The van der Waals surface area contributed by atoms with Gasteiger partial charge in [-0.25, -0.2) is 0 Å². The minimum Gasteiger partial charge on any atom is -0.344 e. The lowest BCUT2D eigenvalue weighted by atomic mass is 9.71. The van der Waals surface area contributed by atoms with Crippen LogP contribution in [0, 0.1) is 0 Å². The molecule has 2 heterocycles. The van der Waals surface area contributed by atoms with Gasteiger partial charge in [0.15, 0.2) is 0 Å². The van der Waals surface area contributed by atoms with Gasteiger partial charge in [0.1, 0.15) is 5.69 Å². The fraction of sp³-hybridized carbons (Fsp3) is 0.524. The Kier molecular flexibility index (Phi) is 4.57. The Bertz CT molecular complexity index is 789. The zero-order valence-corrected chi connectivity index (χ0v) is 15.7. The molecule has 1 aromatic heterocycles. The molecule has 0 radical (unpaired) electrons. The van der Waals surface area contributed by atoms with Crippen LogP contribution in [0.15, 0.2) is 36.5 Å². The molecule has 1 fully saturated rings. The smallest absolute Gasteiger partial charge is 0.272 e. The third kappa shape index (κ3) is 3.28. The summed E-state index contributed by atoms with van der Waals surface area (Å²) in [5.41, 5.74) is 3.26. The number of nitrogens with zero attached hydrogens (tertiary/aromatic N) is 2. The van der Waals surface area contributed by atoms with Crippen molar-refractivity contribution in [3.8, 4) is 0 Å². The summed E-state index contributed by atoms with van der Waals surface area (Å²) in [6.07, 6.45) is 6.23. The fourth-order valence-corrected chi connectivity index (χ4v) is 4.32. The van der Waals surface area contributed by atoms with E-state index in [0.29, 0.717) is 11.7 Å². The lowest BCUT2D eigenvalue weighted by molar-refractivity contribution is 0.0923. The standard InChI is InChI=1S/C21H28N4O/c1-21(2)11-9-18(16-7-3-4-8-17(16)21)23-20(26)19-10-13-25(24-19)15-6-5-12-22-14-15/h3-4,7-8,10,13,15,18,22H,5-6,9,11-12,14H2,1-2H3,(H,23,26). The van der Waals surface area contributed by atoms with Crippen LogP contribution in [0.25, 0.3) is 0 Å². The lowest BCUT2D eigenvalue weighted by Crippen LogP contribution is -2.36. The van der Waals surface area contributed by atoms with Gasteiger partial charge >= 0.3 is 0 Å². The molecule has 5 nitrogen and oxygen atoms in total. The molecule has 26 heavy (non-hydrogen) atoms. The van der Waals surface area contributed by atoms with Crippen LogP contribution < -0.4 is 10.6 Å². The van der Waals surface area contributed by atoms with Crippen LogP contribution in [-0.4, -0.2) is 28.8 Å². The molecule has 1 aliphatic carbocycles. The number of aromatic nitrogens is 2. The Morgan fingerprint density at radius 3 is 2.92 bits per heavy atom. The number of fused-ring (bicyclic) bond motifs is 1. The van der Waals surface area contributed by atoms with Crippen molar-refractivity contribution in [1.82, 2.24) is 20.4 Å². The molecule has 1 saturated heterocycles. The van der Waals surface area contributed by atoms with Crippen molar-refractivity contribution in [1.29, 1.82) is 0 Å². The van der Waals surface area contributed by atoms with E-state index in [1.165, 1.54) is 11.1 Å². The number of piperidine rings is 1. The maximum Gasteiger partial charge on any atom is 0.272 e. The van der Waals surface area contributed by atoms with Gasteiger partial charge in [0, 0.05) is 12.7 Å². The zero-order chi connectivity index (χ0) is 18.1. The van der Waals surface area contributed by atoms with E-state index < -0.39 is 0 Å². The number of rotatable bonds is 3. The third-order valence-electron chi connectivity index (χ3n) is 5.91. The molecule has 138 valence electrons. The molecule has 1 amide bonds. The molecule has 5 heteroatoms. The van der Waals surface area contributed by atoms with Crippen LogP contribution in [0.1, 0.15) is 73.2 Å².